The van der Waals surface area contributed by atoms with E-state index < -0.39 is 11.9 Å². The number of para-hydroxylation sites is 1. The molecular formula is C16H15N2O3-. The molecule has 0 atom stereocenters. The van der Waals surface area contributed by atoms with Gasteiger partial charge in [-0.15, -0.1) is 0 Å². The van der Waals surface area contributed by atoms with Crippen LogP contribution in [0.4, 0.5) is 5.69 Å². The van der Waals surface area contributed by atoms with Gasteiger partial charge in [-0.2, -0.15) is 0 Å². The van der Waals surface area contributed by atoms with Crippen LogP contribution < -0.4 is 15.7 Å². The summed E-state index contributed by atoms with van der Waals surface area (Å²) in [6.07, 6.45) is 0. The second-order valence-electron chi connectivity index (χ2n) is 4.60. The maximum atomic E-state index is 11.5. The molecule has 0 unspecified atom stereocenters. The summed E-state index contributed by atoms with van der Waals surface area (Å²) >= 11 is 0. The third-order valence-corrected chi connectivity index (χ3v) is 3.05. The minimum absolute atomic E-state index is 0.287. The maximum absolute atomic E-state index is 11.5. The Labute approximate surface area is 122 Å². The number of amides is 1. The first-order valence-corrected chi connectivity index (χ1v) is 6.45. The fourth-order valence-corrected chi connectivity index (χ4v) is 2.14. The van der Waals surface area contributed by atoms with E-state index in [4.69, 9.17) is 5.73 Å². The second-order valence-corrected chi connectivity index (χ2v) is 4.60. The largest absolute Gasteiger partial charge is 0.548 e. The van der Waals surface area contributed by atoms with Crippen molar-refractivity contribution in [1.82, 2.24) is 0 Å². The summed E-state index contributed by atoms with van der Waals surface area (Å²) in [5.74, 6) is -1.81. The molecule has 0 radical (unpaired) electrons. The lowest BCUT2D eigenvalue weighted by Gasteiger charge is -2.27. The molecule has 0 aliphatic heterocycles. The first kappa shape index (κ1) is 14.6. The molecule has 5 nitrogen and oxygen atoms in total. The molecule has 0 heterocycles. The molecule has 0 bridgehead atoms. The van der Waals surface area contributed by atoms with Crippen molar-refractivity contribution in [2.24, 2.45) is 5.73 Å². The van der Waals surface area contributed by atoms with Crippen LogP contribution in [0.5, 0.6) is 0 Å². The Bertz CT molecular complexity index is 641. The highest BCUT2D eigenvalue weighted by molar-refractivity contribution is 5.99. The number of carboxylic acid groups (broad SMARTS) is 1. The van der Waals surface area contributed by atoms with Gasteiger partial charge in [0, 0.05) is 6.54 Å². The smallest absolute Gasteiger partial charge is 0.250 e. The Morgan fingerprint density at radius 2 is 1.62 bits per heavy atom. The van der Waals surface area contributed by atoms with Crippen LogP contribution in [-0.2, 0) is 11.3 Å². The third-order valence-electron chi connectivity index (χ3n) is 3.05. The minimum atomic E-state index is -1.22. The average Bonchev–Trinajstić information content (AvgIpc) is 2.47. The summed E-state index contributed by atoms with van der Waals surface area (Å²) in [4.78, 5) is 24.0. The predicted octanol–water partition coefficient (Wildman–Crippen LogP) is 0.542. The number of nitrogens with zero attached hydrogens (tertiary/aromatic N) is 1. The van der Waals surface area contributed by atoms with E-state index in [9.17, 15) is 14.7 Å². The Hall–Kier alpha value is -2.82. The summed E-state index contributed by atoms with van der Waals surface area (Å²) in [5, 5.41) is 11.0. The lowest BCUT2D eigenvalue weighted by molar-refractivity contribution is -0.303. The fraction of sp³-hybridized carbons (Fsp3) is 0.125. The summed E-state index contributed by atoms with van der Waals surface area (Å²) in [7, 11) is 0. The molecule has 0 saturated heterocycles. The van der Waals surface area contributed by atoms with Gasteiger partial charge in [-0.1, -0.05) is 42.5 Å². The molecule has 0 aliphatic rings. The molecular weight excluding hydrogens is 268 g/mol. The van der Waals surface area contributed by atoms with E-state index in [0.717, 1.165) is 5.56 Å². The van der Waals surface area contributed by atoms with Gasteiger partial charge in [-0.05, 0) is 17.7 Å². The summed E-state index contributed by atoms with van der Waals surface area (Å²) in [6, 6.07) is 16.0. The zero-order valence-corrected chi connectivity index (χ0v) is 11.4. The Kier molecular flexibility index (Phi) is 4.56. The van der Waals surface area contributed by atoms with Crippen molar-refractivity contribution >= 4 is 17.6 Å². The standard InChI is InChI=1S/C16H16N2O3/c17-16(21)13-8-4-5-9-14(13)18(11-15(19)20)10-12-6-2-1-3-7-12/h1-9H,10-11H2,(H2,17,21)(H,19,20)/p-1. The third kappa shape index (κ3) is 3.82. The van der Waals surface area contributed by atoms with Gasteiger partial charge in [0.1, 0.15) is 0 Å². The van der Waals surface area contributed by atoms with Crippen LogP contribution >= 0.6 is 0 Å². The van der Waals surface area contributed by atoms with Crippen molar-refractivity contribution in [3.8, 4) is 0 Å². The van der Waals surface area contributed by atoms with Crippen molar-refractivity contribution in [2.45, 2.75) is 6.54 Å². The zero-order valence-electron chi connectivity index (χ0n) is 11.4. The van der Waals surface area contributed by atoms with Crippen molar-refractivity contribution in [3.63, 3.8) is 0 Å². The fourth-order valence-electron chi connectivity index (χ4n) is 2.14. The molecule has 0 fully saturated rings. The number of anilines is 1. The molecule has 108 valence electrons. The van der Waals surface area contributed by atoms with Gasteiger partial charge in [0.15, 0.2) is 0 Å². The highest BCUT2D eigenvalue weighted by Gasteiger charge is 2.14. The summed E-state index contributed by atoms with van der Waals surface area (Å²) in [5.41, 5.74) is 7.05. The molecule has 0 aromatic heterocycles. The van der Waals surface area contributed by atoms with Crippen molar-refractivity contribution in [1.29, 1.82) is 0 Å². The van der Waals surface area contributed by atoms with Gasteiger partial charge in [0.25, 0.3) is 5.91 Å². The van der Waals surface area contributed by atoms with Crippen LogP contribution in [0.3, 0.4) is 0 Å². The number of hydrogen-bond acceptors (Lipinski definition) is 4. The Balaban J connectivity index is 2.36. The van der Waals surface area contributed by atoms with Gasteiger partial charge < -0.3 is 20.5 Å². The van der Waals surface area contributed by atoms with Crippen molar-refractivity contribution in [2.75, 3.05) is 11.4 Å². The molecule has 2 N–H and O–H groups in total. The molecule has 2 rings (SSSR count). The van der Waals surface area contributed by atoms with E-state index in [0.29, 0.717) is 12.2 Å². The average molecular weight is 283 g/mol. The quantitative estimate of drug-likeness (QED) is 0.838. The van der Waals surface area contributed by atoms with Crippen LogP contribution in [0.2, 0.25) is 0 Å². The van der Waals surface area contributed by atoms with Crippen LogP contribution in [0.1, 0.15) is 15.9 Å². The van der Waals surface area contributed by atoms with Crippen LogP contribution in [0.15, 0.2) is 54.6 Å². The highest BCUT2D eigenvalue weighted by Crippen LogP contribution is 2.21. The number of nitrogens with two attached hydrogens (primary N) is 1. The topological polar surface area (TPSA) is 86.5 Å². The van der Waals surface area contributed by atoms with E-state index in [-0.39, 0.29) is 12.1 Å². The first-order valence-electron chi connectivity index (χ1n) is 6.45. The SMILES string of the molecule is NC(=O)c1ccccc1N(CC(=O)[O-])Cc1ccccc1. The van der Waals surface area contributed by atoms with Crippen LogP contribution in [-0.4, -0.2) is 18.4 Å². The second kappa shape index (κ2) is 6.56. The molecule has 2 aromatic carbocycles. The van der Waals surface area contributed by atoms with Gasteiger partial charge in [-0.25, -0.2) is 0 Å². The van der Waals surface area contributed by atoms with Gasteiger partial charge in [0.2, 0.25) is 0 Å². The molecule has 0 spiro atoms. The van der Waals surface area contributed by atoms with Gasteiger partial charge in [-0.3, -0.25) is 4.79 Å². The van der Waals surface area contributed by atoms with Crippen molar-refractivity contribution in [3.05, 3.63) is 65.7 Å². The van der Waals surface area contributed by atoms with E-state index >= 15 is 0 Å². The number of primary amides is 1. The number of carboxylic acids is 1. The number of benzene rings is 2. The monoisotopic (exact) mass is 283 g/mol. The molecule has 21 heavy (non-hydrogen) atoms. The lowest BCUT2D eigenvalue weighted by atomic mass is 10.1. The molecule has 0 aliphatic carbocycles. The highest BCUT2D eigenvalue weighted by atomic mass is 16.4. The van der Waals surface area contributed by atoms with Crippen LogP contribution in [0, 0.1) is 0 Å². The first-order chi connectivity index (χ1) is 10.1. The van der Waals surface area contributed by atoms with Gasteiger partial charge in [0.05, 0.1) is 23.8 Å². The minimum Gasteiger partial charge on any atom is -0.548 e. The zero-order chi connectivity index (χ0) is 15.2. The number of hydrogen-bond donors (Lipinski definition) is 1. The number of carbonyl (C=O) groups excluding carboxylic acids is 2. The molecule has 2 aromatic rings. The number of rotatable bonds is 6. The maximum Gasteiger partial charge on any atom is 0.250 e. The molecule has 0 saturated carbocycles. The lowest BCUT2D eigenvalue weighted by Crippen LogP contribution is -2.38. The Morgan fingerprint density at radius 3 is 2.24 bits per heavy atom. The van der Waals surface area contributed by atoms with Crippen LogP contribution in [0.25, 0.3) is 0 Å². The van der Waals surface area contributed by atoms with Gasteiger partial charge >= 0.3 is 0 Å². The summed E-state index contributed by atoms with van der Waals surface area (Å²) in [6.45, 7) is 0.0261. The molecule has 5 heteroatoms. The van der Waals surface area contributed by atoms with Crippen molar-refractivity contribution < 1.29 is 14.7 Å². The normalized spacial score (nSPS) is 10.1. The van der Waals surface area contributed by atoms with E-state index in [1.807, 2.05) is 30.3 Å². The van der Waals surface area contributed by atoms with E-state index in [1.165, 1.54) is 0 Å². The molecule has 1 amide bonds. The number of carbonyl (C=O) groups is 2. The summed E-state index contributed by atoms with van der Waals surface area (Å²) < 4.78 is 0. The number of aliphatic carboxylic acids is 1. The van der Waals surface area contributed by atoms with E-state index in [2.05, 4.69) is 0 Å². The predicted molar refractivity (Wildman–Crippen MR) is 77.5 cm³/mol. The van der Waals surface area contributed by atoms with E-state index in [1.54, 1.807) is 29.2 Å². The Morgan fingerprint density at radius 1 is 1.00 bits per heavy atom.